The van der Waals surface area contributed by atoms with Gasteiger partial charge in [-0.25, -0.2) is 0 Å². The number of hydrogen-bond acceptors (Lipinski definition) is 4. The number of benzene rings is 1. The second-order valence-corrected chi connectivity index (χ2v) is 8.92. The summed E-state index contributed by atoms with van der Waals surface area (Å²) in [5.74, 6) is 0.804. The molecule has 1 amide bonds. The van der Waals surface area contributed by atoms with E-state index in [-0.39, 0.29) is 24.1 Å². The largest absolute Gasteiger partial charge is 0.496 e. The molecule has 176 valence electrons. The molecule has 3 heterocycles. The number of nitrogens with one attached hydrogen (secondary N) is 1. The Morgan fingerprint density at radius 3 is 2.64 bits per heavy atom. The summed E-state index contributed by atoms with van der Waals surface area (Å²) in [5.41, 5.74) is 3.73. The van der Waals surface area contributed by atoms with E-state index in [1.165, 1.54) is 7.11 Å². The van der Waals surface area contributed by atoms with E-state index >= 15 is 0 Å². The van der Waals surface area contributed by atoms with Crippen molar-refractivity contribution in [1.29, 1.82) is 0 Å². The Bertz CT molecular complexity index is 1230. The molecule has 1 N–H and O–H groups in total. The lowest BCUT2D eigenvalue weighted by atomic mass is 9.92. The molecule has 33 heavy (non-hydrogen) atoms. The first kappa shape index (κ1) is 23.1. The fourth-order valence-electron chi connectivity index (χ4n) is 5.06. The van der Waals surface area contributed by atoms with Gasteiger partial charge in [-0.3, -0.25) is 9.59 Å². The fraction of sp³-hybridized carbons (Fsp3) is 0.462. The Balaban J connectivity index is 1.68. The van der Waals surface area contributed by atoms with E-state index in [9.17, 15) is 9.59 Å². The van der Waals surface area contributed by atoms with Crippen molar-refractivity contribution in [2.75, 3.05) is 20.3 Å². The van der Waals surface area contributed by atoms with Crippen molar-refractivity contribution in [2.24, 2.45) is 13.0 Å². The molecule has 4 rings (SSSR count). The van der Waals surface area contributed by atoms with Gasteiger partial charge in [-0.15, -0.1) is 0 Å². The third-order valence-electron chi connectivity index (χ3n) is 7.11. The third kappa shape index (κ3) is 4.17. The van der Waals surface area contributed by atoms with Crippen LogP contribution < -0.4 is 15.6 Å². The monoisotopic (exact) mass is 451 g/mol. The van der Waals surface area contributed by atoms with Gasteiger partial charge in [0.1, 0.15) is 5.75 Å². The minimum atomic E-state index is -0.189. The van der Waals surface area contributed by atoms with Gasteiger partial charge in [-0.2, -0.15) is 0 Å². The third-order valence-corrected chi connectivity index (χ3v) is 7.11. The molecule has 1 aromatic carbocycles. The lowest BCUT2D eigenvalue weighted by molar-refractivity contribution is 0.0517. The number of pyridine rings is 1. The van der Waals surface area contributed by atoms with Crippen LogP contribution in [0.25, 0.3) is 10.9 Å². The number of rotatable bonds is 6. The van der Waals surface area contributed by atoms with E-state index in [0.717, 1.165) is 48.3 Å². The molecule has 7 nitrogen and oxygen atoms in total. The summed E-state index contributed by atoms with van der Waals surface area (Å²) >= 11 is 0. The van der Waals surface area contributed by atoms with Crippen LogP contribution in [0.2, 0.25) is 0 Å². The highest BCUT2D eigenvalue weighted by Gasteiger charge is 2.27. The number of aryl methyl sites for hydroxylation is 1. The molecule has 2 aromatic heterocycles. The Morgan fingerprint density at radius 1 is 1.24 bits per heavy atom. The van der Waals surface area contributed by atoms with Crippen LogP contribution in [0.4, 0.5) is 0 Å². The molecule has 0 spiro atoms. The second kappa shape index (κ2) is 9.43. The number of carbonyl (C=O) groups is 1. The average Bonchev–Trinajstić information content (AvgIpc) is 3.13. The van der Waals surface area contributed by atoms with Crippen molar-refractivity contribution in [2.45, 2.75) is 46.2 Å². The molecule has 1 atom stereocenters. The Labute approximate surface area is 194 Å². The summed E-state index contributed by atoms with van der Waals surface area (Å²) in [7, 11) is 3.26. The van der Waals surface area contributed by atoms with Crippen LogP contribution in [-0.4, -0.2) is 35.4 Å². The van der Waals surface area contributed by atoms with E-state index in [2.05, 4.69) is 22.9 Å². The molecule has 1 fully saturated rings. The van der Waals surface area contributed by atoms with Crippen molar-refractivity contribution in [3.8, 4) is 5.75 Å². The molecule has 1 unspecified atom stereocenters. The molecule has 0 aliphatic carbocycles. The summed E-state index contributed by atoms with van der Waals surface area (Å²) in [4.78, 5) is 26.2. The molecule has 0 radical (unpaired) electrons. The number of amides is 1. The standard InChI is InChI=1S/C26H33N3O4/c1-16-14-23(32-5)21(26(31)28(16)4)15-27-25(30)24-18(3)29(22-9-7-6-8-20(22)24)17(2)19-10-12-33-13-11-19/h6-9,14,17,19H,10-13,15H2,1-5H3,(H,27,30). The number of nitrogens with zero attached hydrogens (tertiary/aromatic N) is 2. The molecule has 1 aliphatic rings. The van der Waals surface area contributed by atoms with Crippen molar-refractivity contribution in [3.05, 3.63) is 63.2 Å². The predicted octanol–water partition coefficient (Wildman–Crippen LogP) is 3.88. The van der Waals surface area contributed by atoms with Gasteiger partial charge in [0.15, 0.2) is 0 Å². The summed E-state index contributed by atoms with van der Waals surface area (Å²) in [6.07, 6.45) is 2.04. The number of methoxy groups -OCH3 is 1. The van der Waals surface area contributed by atoms with E-state index in [1.807, 2.05) is 38.1 Å². The van der Waals surface area contributed by atoms with Crippen LogP contribution in [0, 0.1) is 19.8 Å². The van der Waals surface area contributed by atoms with Crippen molar-refractivity contribution in [1.82, 2.24) is 14.5 Å². The van der Waals surface area contributed by atoms with Crippen molar-refractivity contribution >= 4 is 16.8 Å². The van der Waals surface area contributed by atoms with Gasteiger partial charge in [-0.1, -0.05) is 18.2 Å². The Kier molecular flexibility index (Phi) is 6.61. The maximum atomic E-state index is 13.4. The summed E-state index contributed by atoms with van der Waals surface area (Å²) < 4.78 is 14.8. The zero-order valence-electron chi connectivity index (χ0n) is 20.1. The quantitative estimate of drug-likeness (QED) is 0.617. The van der Waals surface area contributed by atoms with Gasteiger partial charge >= 0.3 is 0 Å². The zero-order valence-corrected chi connectivity index (χ0v) is 20.1. The molecule has 7 heteroatoms. The van der Waals surface area contributed by atoms with Crippen LogP contribution in [0.3, 0.4) is 0 Å². The number of hydrogen-bond donors (Lipinski definition) is 1. The minimum absolute atomic E-state index is 0.101. The van der Waals surface area contributed by atoms with Gasteiger partial charge in [0.25, 0.3) is 11.5 Å². The molecular formula is C26H33N3O4. The number of carbonyl (C=O) groups excluding carboxylic acids is 1. The lowest BCUT2D eigenvalue weighted by Gasteiger charge is -2.30. The molecule has 1 saturated heterocycles. The number of fused-ring (bicyclic) bond motifs is 1. The first-order chi connectivity index (χ1) is 15.8. The van der Waals surface area contributed by atoms with Crippen molar-refractivity contribution in [3.63, 3.8) is 0 Å². The van der Waals surface area contributed by atoms with Crippen LogP contribution in [0.15, 0.2) is 35.1 Å². The smallest absolute Gasteiger partial charge is 0.259 e. The van der Waals surface area contributed by atoms with E-state index in [4.69, 9.17) is 9.47 Å². The maximum Gasteiger partial charge on any atom is 0.259 e. The van der Waals surface area contributed by atoms with Crippen molar-refractivity contribution < 1.29 is 14.3 Å². The normalized spacial score (nSPS) is 15.5. The number of aromatic nitrogens is 2. The SMILES string of the molecule is COc1cc(C)n(C)c(=O)c1CNC(=O)c1c(C)n(C(C)C2CCOCC2)c2ccccc12. The van der Waals surface area contributed by atoms with E-state index in [0.29, 0.717) is 22.8 Å². The summed E-state index contributed by atoms with van der Waals surface area (Å²) in [6, 6.07) is 10.1. The summed E-state index contributed by atoms with van der Waals surface area (Å²) in [6.45, 7) is 7.77. The van der Waals surface area contributed by atoms with Gasteiger partial charge in [0.05, 0.1) is 24.8 Å². The highest BCUT2D eigenvalue weighted by atomic mass is 16.5. The highest BCUT2D eigenvalue weighted by molar-refractivity contribution is 6.08. The topological polar surface area (TPSA) is 74.5 Å². The fourth-order valence-corrected chi connectivity index (χ4v) is 5.06. The van der Waals surface area contributed by atoms with Crippen LogP contribution >= 0.6 is 0 Å². The van der Waals surface area contributed by atoms with E-state index < -0.39 is 0 Å². The zero-order chi connectivity index (χ0) is 23.7. The van der Waals surface area contributed by atoms with E-state index in [1.54, 1.807) is 11.6 Å². The number of para-hydroxylation sites is 1. The minimum Gasteiger partial charge on any atom is -0.496 e. The lowest BCUT2D eigenvalue weighted by Crippen LogP contribution is -2.31. The number of ether oxygens (including phenoxy) is 2. The first-order valence-electron chi connectivity index (χ1n) is 11.5. The second-order valence-electron chi connectivity index (χ2n) is 8.92. The molecule has 0 bridgehead atoms. The first-order valence-corrected chi connectivity index (χ1v) is 11.5. The molecule has 1 aliphatic heterocycles. The van der Waals surface area contributed by atoms with Crippen LogP contribution in [0.1, 0.15) is 53.1 Å². The molecule has 3 aromatic rings. The molecule has 0 saturated carbocycles. The Morgan fingerprint density at radius 2 is 1.94 bits per heavy atom. The Hall–Kier alpha value is -3.06. The maximum absolute atomic E-state index is 13.4. The molecular weight excluding hydrogens is 418 g/mol. The average molecular weight is 452 g/mol. The van der Waals surface area contributed by atoms with Gasteiger partial charge < -0.3 is 23.9 Å². The van der Waals surface area contributed by atoms with Crippen LogP contribution in [0.5, 0.6) is 5.75 Å². The highest BCUT2D eigenvalue weighted by Crippen LogP contribution is 2.35. The van der Waals surface area contributed by atoms with Gasteiger partial charge in [-0.05, 0) is 51.7 Å². The van der Waals surface area contributed by atoms with Crippen LogP contribution in [-0.2, 0) is 18.3 Å². The summed E-state index contributed by atoms with van der Waals surface area (Å²) in [5, 5.41) is 3.90. The van der Waals surface area contributed by atoms with Gasteiger partial charge in [0.2, 0.25) is 0 Å². The predicted molar refractivity (Wildman–Crippen MR) is 129 cm³/mol. The van der Waals surface area contributed by atoms with Gasteiger partial charge in [0, 0.05) is 48.6 Å².